The van der Waals surface area contributed by atoms with E-state index >= 15 is 0 Å². The highest BCUT2D eigenvalue weighted by molar-refractivity contribution is 5.81. The monoisotopic (exact) mass is 490 g/mol. The second-order valence-electron chi connectivity index (χ2n) is 10.7. The van der Waals surface area contributed by atoms with E-state index in [2.05, 4.69) is 33.7 Å². The molecule has 2 aliphatic heterocycles. The van der Waals surface area contributed by atoms with Gasteiger partial charge in [-0.15, -0.1) is 0 Å². The molecular formula is C29H38N4O3. The van der Waals surface area contributed by atoms with E-state index in [-0.39, 0.29) is 18.4 Å². The van der Waals surface area contributed by atoms with Crippen LogP contribution in [0.5, 0.6) is 0 Å². The number of nitrogens with one attached hydrogen (secondary N) is 2. The number of likely N-dealkylation sites (tertiary alicyclic amines) is 1. The first-order chi connectivity index (χ1) is 17.6. The van der Waals surface area contributed by atoms with Crippen molar-refractivity contribution in [3.8, 4) is 0 Å². The van der Waals surface area contributed by atoms with Crippen molar-refractivity contribution < 1.29 is 14.7 Å². The molecule has 2 aromatic rings. The maximum atomic E-state index is 13.0. The number of carboxylic acids is 1. The Morgan fingerprint density at radius 3 is 2.89 bits per heavy atom. The third-order valence-corrected chi connectivity index (χ3v) is 7.88. The number of carbonyl (C=O) groups excluding carboxylic acids is 1. The highest BCUT2D eigenvalue weighted by Crippen LogP contribution is 2.40. The number of aliphatic carboxylic acids is 1. The summed E-state index contributed by atoms with van der Waals surface area (Å²) in [7, 11) is 0. The van der Waals surface area contributed by atoms with E-state index in [1.54, 1.807) is 0 Å². The van der Waals surface area contributed by atoms with Gasteiger partial charge >= 0.3 is 5.97 Å². The van der Waals surface area contributed by atoms with Crippen molar-refractivity contribution in [3.05, 3.63) is 58.8 Å². The zero-order valence-electron chi connectivity index (χ0n) is 21.0. The van der Waals surface area contributed by atoms with Gasteiger partial charge in [0.1, 0.15) is 5.82 Å². The van der Waals surface area contributed by atoms with Crippen molar-refractivity contribution in [2.45, 2.75) is 63.2 Å². The molecule has 7 nitrogen and oxygen atoms in total. The lowest BCUT2D eigenvalue weighted by Gasteiger charge is -2.32. The number of fused-ring (bicyclic) bond motifs is 1. The largest absolute Gasteiger partial charge is 0.481 e. The van der Waals surface area contributed by atoms with Crippen molar-refractivity contribution in [1.29, 1.82) is 0 Å². The molecule has 3 aliphatic rings. The second kappa shape index (κ2) is 11.4. The number of anilines is 1. The van der Waals surface area contributed by atoms with Crippen LogP contribution in [0.4, 0.5) is 5.82 Å². The summed E-state index contributed by atoms with van der Waals surface area (Å²) in [6.45, 7) is 3.83. The number of aromatic nitrogens is 1. The summed E-state index contributed by atoms with van der Waals surface area (Å²) in [6, 6.07) is 12.3. The molecule has 5 rings (SSSR count). The Hall–Kier alpha value is -2.93. The molecule has 0 spiro atoms. The van der Waals surface area contributed by atoms with Crippen LogP contribution in [0.2, 0.25) is 0 Å². The molecule has 0 bridgehead atoms. The van der Waals surface area contributed by atoms with Crippen molar-refractivity contribution in [3.63, 3.8) is 0 Å². The molecule has 2 fully saturated rings. The Kier molecular flexibility index (Phi) is 7.85. The van der Waals surface area contributed by atoms with Gasteiger partial charge in [0.25, 0.3) is 0 Å². The zero-order chi connectivity index (χ0) is 24.9. The Balaban J connectivity index is 1.09. The SMILES string of the molecule is O=C(O)C(CNC(=O)[C@@H]1CCCN(CCCc2ccc3c(n2)NCCC3)C1)c1cccc(C2CC2)c1. The molecule has 0 radical (unpaired) electrons. The summed E-state index contributed by atoms with van der Waals surface area (Å²) in [4.78, 5) is 32.1. The average molecular weight is 491 g/mol. The molecule has 1 aromatic heterocycles. The van der Waals surface area contributed by atoms with Gasteiger partial charge in [0.2, 0.25) is 5.91 Å². The van der Waals surface area contributed by atoms with Gasteiger partial charge in [-0.1, -0.05) is 30.3 Å². The van der Waals surface area contributed by atoms with E-state index in [0.717, 1.165) is 75.4 Å². The lowest BCUT2D eigenvalue weighted by atomic mass is 9.94. The van der Waals surface area contributed by atoms with E-state index in [1.807, 2.05) is 18.2 Å². The fourth-order valence-electron chi connectivity index (χ4n) is 5.61. The molecule has 3 N–H and O–H groups in total. The van der Waals surface area contributed by atoms with E-state index in [1.165, 1.54) is 30.4 Å². The fourth-order valence-corrected chi connectivity index (χ4v) is 5.61. The van der Waals surface area contributed by atoms with Crippen LogP contribution in [0.1, 0.15) is 72.7 Å². The zero-order valence-corrected chi connectivity index (χ0v) is 21.0. The number of hydrogen-bond donors (Lipinski definition) is 3. The average Bonchev–Trinajstić information content (AvgIpc) is 3.75. The summed E-state index contributed by atoms with van der Waals surface area (Å²) >= 11 is 0. The van der Waals surface area contributed by atoms with Crippen molar-refractivity contribution in [2.75, 3.05) is 38.0 Å². The molecule has 192 valence electrons. The van der Waals surface area contributed by atoms with Gasteiger partial charge in [-0.2, -0.15) is 0 Å². The predicted molar refractivity (Wildman–Crippen MR) is 140 cm³/mol. The number of pyridine rings is 1. The van der Waals surface area contributed by atoms with Crippen LogP contribution < -0.4 is 10.6 Å². The van der Waals surface area contributed by atoms with Crippen molar-refractivity contribution in [2.24, 2.45) is 5.92 Å². The molecule has 7 heteroatoms. The van der Waals surface area contributed by atoms with Gasteiger partial charge in [0.15, 0.2) is 0 Å². The van der Waals surface area contributed by atoms with E-state index < -0.39 is 11.9 Å². The number of piperidine rings is 1. The van der Waals surface area contributed by atoms with Gasteiger partial charge in [0.05, 0.1) is 11.8 Å². The Morgan fingerprint density at radius 2 is 2.06 bits per heavy atom. The summed E-state index contributed by atoms with van der Waals surface area (Å²) < 4.78 is 0. The molecule has 3 heterocycles. The maximum absolute atomic E-state index is 13.0. The minimum absolute atomic E-state index is 0.0216. The van der Waals surface area contributed by atoms with Crippen LogP contribution in [0.3, 0.4) is 0 Å². The number of carbonyl (C=O) groups is 2. The minimum Gasteiger partial charge on any atom is -0.481 e. The first-order valence-corrected chi connectivity index (χ1v) is 13.6. The summed E-state index contributed by atoms with van der Waals surface area (Å²) in [5, 5.41) is 16.2. The number of rotatable bonds is 10. The van der Waals surface area contributed by atoms with Gasteiger partial charge in [-0.05, 0) is 93.1 Å². The molecule has 1 aromatic carbocycles. The topological polar surface area (TPSA) is 94.6 Å². The standard InChI is InChI=1S/C29H38N4O3/c34-28(31-18-26(29(35)36)23-6-1-5-22(17-23)20-10-11-20)24-8-3-15-33(19-24)16-4-9-25-13-12-21-7-2-14-30-27(21)32-25/h1,5-6,12-13,17,20,24,26H,2-4,7-11,14-16,18-19H2,(H,30,32)(H,31,34)(H,35,36)/t24-,26?/m1/s1. The minimum atomic E-state index is -0.889. The molecule has 2 atom stereocenters. The molecular weight excluding hydrogens is 452 g/mol. The van der Waals surface area contributed by atoms with Crippen LogP contribution >= 0.6 is 0 Å². The fraction of sp³-hybridized carbons (Fsp3) is 0.552. The Bertz CT molecular complexity index is 1080. The Morgan fingerprint density at radius 1 is 1.17 bits per heavy atom. The van der Waals surface area contributed by atoms with E-state index in [9.17, 15) is 14.7 Å². The van der Waals surface area contributed by atoms with E-state index in [4.69, 9.17) is 4.98 Å². The van der Waals surface area contributed by atoms with Crippen LogP contribution in [0, 0.1) is 5.92 Å². The smallest absolute Gasteiger partial charge is 0.312 e. The highest BCUT2D eigenvalue weighted by Gasteiger charge is 2.29. The molecule has 1 amide bonds. The quantitative estimate of drug-likeness (QED) is 0.467. The molecule has 1 unspecified atom stereocenters. The third-order valence-electron chi connectivity index (χ3n) is 7.88. The van der Waals surface area contributed by atoms with Gasteiger partial charge in [0, 0.05) is 25.3 Å². The molecule has 1 saturated carbocycles. The van der Waals surface area contributed by atoms with E-state index in [0.29, 0.717) is 5.92 Å². The first-order valence-electron chi connectivity index (χ1n) is 13.6. The van der Waals surface area contributed by atoms with Gasteiger partial charge < -0.3 is 20.6 Å². The third kappa shape index (κ3) is 6.25. The number of carboxylic acid groups (broad SMARTS) is 1. The number of nitrogens with zero attached hydrogens (tertiary/aromatic N) is 2. The second-order valence-corrected chi connectivity index (χ2v) is 10.7. The predicted octanol–water partition coefficient (Wildman–Crippen LogP) is 3.95. The van der Waals surface area contributed by atoms with Crippen LogP contribution in [0.25, 0.3) is 0 Å². The van der Waals surface area contributed by atoms with Gasteiger partial charge in [-0.3, -0.25) is 9.59 Å². The summed E-state index contributed by atoms with van der Waals surface area (Å²) in [5.41, 5.74) is 4.44. The maximum Gasteiger partial charge on any atom is 0.312 e. The number of amides is 1. The number of hydrogen-bond acceptors (Lipinski definition) is 5. The lowest BCUT2D eigenvalue weighted by molar-refractivity contribution is -0.138. The number of aryl methyl sites for hydroxylation is 2. The van der Waals surface area contributed by atoms with Crippen molar-refractivity contribution >= 4 is 17.7 Å². The van der Waals surface area contributed by atoms with Crippen LogP contribution in [0.15, 0.2) is 36.4 Å². The first kappa shape index (κ1) is 24.8. The Labute approximate surface area is 213 Å². The van der Waals surface area contributed by atoms with Crippen molar-refractivity contribution in [1.82, 2.24) is 15.2 Å². The summed E-state index contributed by atoms with van der Waals surface area (Å²) in [6.07, 6.45) is 8.42. The number of benzene rings is 1. The highest BCUT2D eigenvalue weighted by atomic mass is 16.4. The van der Waals surface area contributed by atoms with Crippen LogP contribution in [-0.2, 0) is 22.4 Å². The normalized spacial score (nSPS) is 20.7. The van der Waals surface area contributed by atoms with Gasteiger partial charge in [-0.25, -0.2) is 4.98 Å². The molecule has 1 saturated heterocycles. The molecule has 1 aliphatic carbocycles. The van der Waals surface area contributed by atoms with Crippen LogP contribution in [-0.4, -0.2) is 59.6 Å². The lowest BCUT2D eigenvalue weighted by Crippen LogP contribution is -2.44. The molecule has 36 heavy (non-hydrogen) atoms. The summed E-state index contributed by atoms with van der Waals surface area (Å²) in [5.74, 6) is -0.0940.